The number of rotatable bonds is 2. The van der Waals surface area contributed by atoms with E-state index in [0.29, 0.717) is 5.39 Å². The molecule has 4 heteroatoms. The average molecular weight is 275 g/mol. The molecule has 1 heterocycles. The molecule has 106 valence electrons. The van der Waals surface area contributed by atoms with Gasteiger partial charge in [0.2, 0.25) is 5.78 Å². The fraction of sp³-hybridized carbons (Fsp3) is 0.438. The lowest BCUT2D eigenvalue weighted by Crippen LogP contribution is -2.34. The van der Waals surface area contributed by atoms with E-state index in [4.69, 9.17) is 10.2 Å². The van der Waals surface area contributed by atoms with Crippen LogP contribution in [-0.4, -0.2) is 11.8 Å². The Morgan fingerprint density at radius 2 is 2.05 bits per heavy atom. The van der Waals surface area contributed by atoms with Gasteiger partial charge < -0.3 is 10.2 Å². The molecule has 2 N–H and O–H groups in total. The first-order valence-corrected chi connectivity index (χ1v) is 7.14. The summed E-state index contributed by atoms with van der Waals surface area (Å²) in [5.74, 6) is -0.504. The number of furan rings is 1. The average Bonchev–Trinajstić information content (AvgIpc) is 2.76. The van der Waals surface area contributed by atoms with E-state index >= 15 is 0 Å². The summed E-state index contributed by atoms with van der Waals surface area (Å²) in [4.78, 5) is 12.5. The third-order valence-electron chi connectivity index (χ3n) is 4.15. The summed E-state index contributed by atoms with van der Waals surface area (Å²) in [5, 5.41) is 0.621. The molecule has 1 aliphatic carbocycles. The first kappa shape index (κ1) is 13.3. The molecule has 0 spiro atoms. The van der Waals surface area contributed by atoms with Crippen molar-refractivity contribution in [3.63, 3.8) is 0 Å². The molecule has 0 aliphatic heterocycles. The monoisotopic (exact) mass is 275 g/mol. The highest BCUT2D eigenvalue weighted by Crippen LogP contribution is 2.29. The van der Waals surface area contributed by atoms with Crippen LogP contribution in [0.1, 0.15) is 42.7 Å². The molecule has 1 aromatic carbocycles. The van der Waals surface area contributed by atoms with Crippen LogP contribution in [0, 0.1) is 11.7 Å². The lowest BCUT2D eigenvalue weighted by atomic mass is 9.90. The van der Waals surface area contributed by atoms with Crippen LogP contribution in [0.2, 0.25) is 0 Å². The number of hydrogen-bond donors (Lipinski definition) is 1. The summed E-state index contributed by atoms with van der Waals surface area (Å²) in [6, 6.07) is 6.18. The molecule has 2 aromatic rings. The number of para-hydroxylation sites is 1. The Labute approximate surface area is 116 Å². The van der Waals surface area contributed by atoms with Crippen LogP contribution in [0.5, 0.6) is 0 Å². The Hall–Kier alpha value is -1.68. The number of ketones is 1. The highest BCUT2D eigenvalue weighted by molar-refractivity contribution is 5.99. The molecular weight excluding hydrogens is 257 g/mol. The first-order chi connectivity index (χ1) is 9.66. The van der Waals surface area contributed by atoms with Crippen LogP contribution in [0.4, 0.5) is 4.39 Å². The molecule has 0 saturated heterocycles. The van der Waals surface area contributed by atoms with Crippen LogP contribution in [0.15, 0.2) is 28.7 Å². The van der Waals surface area contributed by atoms with E-state index in [1.54, 1.807) is 18.2 Å². The van der Waals surface area contributed by atoms with Crippen molar-refractivity contribution in [2.45, 2.75) is 38.1 Å². The maximum Gasteiger partial charge on any atom is 0.202 e. The van der Waals surface area contributed by atoms with Gasteiger partial charge in [-0.25, -0.2) is 4.39 Å². The zero-order valence-electron chi connectivity index (χ0n) is 11.3. The van der Waals surface area contributed by atoms with Crippen molar-refractivity contribution in [1.29, 1.82) is 0 Å². The summed E-state index contributed by atoms with van der Waals surface area (Å²) in [5.41, 5.74) is 6.26. The largest absolute Gasteiger partial charge is 0.450 e. The van der Waals surface area contributed by atoms with E-state index in [-0.39, 0.29) is 29.1 Å². The van der Waals surface area contributed by atoms with Crippen LogP contribution in [0.25, 0.3) is 11.0 Å². The summed E-state index contributed by atoms with van der Waals surface area (Å²) in [7, 11) is 0. The van der Waals surface area contributed by atoms with Gasteiger partial charge in [-0.3, -0.25) is 4.79 Å². The minimum absolute atomic E-state index is 0.0880. The number of carbonyl (C=O) groups excluding carboxylic acids is 1. The molecule has 0 amide bonds. The Morgan fingerprint density at radius 3 is 2.85 bits per heavy atom. The SMILES string of the molecule is NC1CCCCCC1C(=O)c1cc2cccc(F)c2o1. The maximum absolute atomic E-state index is 13.6. The number of Topliss-reactive ketones (excluding diaryl/α,β-unsaturated/α-hetero) is 1. The van der Waals surface area contributed by atoms with E-state index in [1.165, 1.54) is 6.07 Å². The van der Waals surface area contributed by atoms with Crippen molar-refractivity contribution in [2.24, 2.45) is 11.7 Å². The van der Waals surface area contributed by atoms with E-state index in [1.807, 2.05) is 0 Å². The second kappa shape index (κ2) is 5.37. The second-order valence-electron chi connectivity index (χ2n) is 5.54. The quantitative estimate of drug-likeness (QED) is 0.672. The molecule has 20 heavy (non-hydrogen) atoms. The predicted octanol–water partition coefficient (Wildman–Crippen LogP) is 3.66. The number of carbonyl (C=O) groups is 1. The number of benzene rings is 1. The summed E-state index contributed by atoms with van der Waals surface area (Å²) in [6.45, 7) is 0. The molecule has 1 aromatic heterocycles. The highest BCUT2D eigenvalue weighted by atomic mass is 19.1. The number of nitrogens with two attached hydrogens (primary N) is 1. The van der Waals surface area contributed by atoms with Gasteiger partial charge in [-0.05, 0) is 25.0 Å². The second-order valence-corrected chi connectivity index (χ2v) is 5.54. The topological polar surface area (TPSA) is 56.2 Å². The van der Waals surface area contributed by atoms with Gasteiger partial charge in [0, 0.05) is 17.3 Å². The molecule has 3 nitrogen and oxygen atoms in total. The Balaban J connectivity index is 1.93. The Morgan fingerprint density at radius 1 is 1.25 bits per heavy atom. The first-order valence-electron chi connectivity index (χ1n) is 7.14. The van der Waals surface area contributed by atoms with E-state index in [0.717, 1.165) is 32.1 Å². The number of hydrogen-bond acceptors (Lipinski definition) is 3. The Kier molecular flexibility index (Phi) is 3.57. The van der Waals surface area contributed by atoms with Crippen molar-refractivity contribution in [1.82, 2.24) is 0 Å². The molecule has 0 radical (unpaired) electrons. The zero-order valence-corrected chi connectivity index (χ0v) is 11.3. The van der Waals surface area contributed by atoms with E-state index in [9.17, 15) is 9.18 Å². The van der Waals surface area contributed by atoms with Crippen molar-refractivity contribution in [3.8, 4) is 0 Å². The van der Waals surface area contributed by atoms with Gasteiger partial charge in [-0.2, -0.15) is 0 Å². The maximum atomic E-state index is 13.6. The third-order valence-corrected chi connectivity index (χ3v) is 4.15. The standard InChI is InChI=1S/C16H18FNO2/c17-12-7-4-5-10-9-14(20-16(10)12)15(19)11-6-2-1-3-8-13(11)18/h4-5,7,9,11,13H,1-3,6,8,18H2. The molecule has 3 rings (SSSR count). The fourth-order valence-corrected chi connectivity index (χ4v) is 2.99. The number of fused-ring (bicyclic) bond motifs is 1. The van der Waals surface area contributed by atoms with Gasteiger partial charge >= 0.3 is 0 Å². The molecule has 2 unspecified atom stereocenters. The minimum Gasteiger partial charge on any atom is -0.450 e. The number of halogens is 1. The van der Waals surface area contributed by atoms with Crippen LogP contribution >= 0.6 is 0 Å². The molecule has 0 bridgehead atoms. The van der Waals surface area contributed by atoms with Crippen LogP contribution in [0.3, 0.4) is 0 Å². The summed E-state index contributed by atoms with van der Waals surface area (Å²) in [6.07, 6.45) is 4.86. The van der Waals surface area contributed by atoms with E-state index < -0.39 is 5.82 Å². The molecule has 1 fully saturated rings. The van der Waals surface area contributed by atoms with E-state index in [2.05, 4.69) is 0 Å². The van der Waals surface area contributed by atoms with Crippen LogP contribution in [-0.2, 0) is 0 Å². The minimum atomic E-state index is -0.438. The molecular formula is C16H18FNO2. The predicted molar refractivity (Wildman–Crippen MR) is 75.1 cm³/mol. The van der Waals surface area contributed by atoms with Gasteiger partial charge in [0.25, 0.3) is 0 Å². The van der Waals surface area contributed by atoms with Crippen molar-refractivity contribution < 1.29 is 13.6 Å². The van der Waals surface area contributed by atoms with Gasteiger partial charge in [-0.15, -0.1) is 0 Å². The molecule has 2 atom stereocenters. The lowest BCUT2D eigenvalue weighted by molar-refractivity contribution is 0.0868. The van der Waals surface area contributed by atoms with Gasteiger partial charge in [0.05, 0.1) is 0 Å². The molecule has 1 aliphatic rings. The third kappa shape index (κ3) is 2.36. The zero-order chi connectivity index (χ0) is 14.1. The molecule has 1 saturated carbocycles. The van der Waals surface area contributed by atoms with Crippen LogP contribution < -0.4 is 5.73 Å². The summed E-state index contributed by atoms with van der Waals surface area (Å²) < 4.78 is 19.0. The van der Waals surface area contributed by atoms with Crippen molar-refractivity contribution in [3.05, 3.63) is 35.8 Å². The van der Waals surface area contributed by atoms with Crippen molar-refractivity contribution in [2.75, 3.05) is 0 Å². The van der Waals surface area contributed by atoms with Gasteiger partial charge in [0.1, 0.15) is 0 Å². The normalized spacial score (nSPS) is 23.7. The highest BCUT2D eigenvalue weighted by Gasteiger charge is 2.30. The Bertz CT molecular complexity index is 634. The van der Waals surface area contributed by atoms with Crippen molar-refractivity contribution >= 4 is 16.8 Å². The fourth-order valence-electron chi connectivity index (χ4n) is 2.99. The lowest BCUT2D eigenvalue weighted by Gasteiger charge is -2.18. The van der Waals surface area contributed by atoms with Gasteiger partial charge in [0.15, 0.2) is 17.2 Å². The summed E-state index contributed by atoms with van der Waals surface area (Å²) >= 11 is 0. The van der Waals surface area contributed by atoms with Gasteiger partial charge in [-0.1, -0.05) is 31.4 Å². The smallest absolute Gasteiger partial charge is 0.202 e.